The van der Waals surface area contributed by atoms with Crippen molar-refractivity contribution in [3.63, 3.8) is 0 Å². The van der Waals surface area contributed by atoms with Gasteiger partial charge in [0, 0.05) is 35.6 Å². The Bertz CT molecular complexity index is 854. The summed E-state index contributed by atoms with van der Waals surface area (Å²) in [6.45, 7) is 2.67. The lowest BCUT2D eigenvalue weighted by atomic mass is 9.77. The second kappa shape index (κ2) is 8.98. The SMILES string of the molecule is C.COc1cc(OC)c2c(c1Cl)O[C@]1(C2=O)C(SCCN(C)C)=CC(=O)C[C@H]1C. The molecule has 6 nitrogen and oxygen atoms in total. The number of halogens is 1. The van der Waals surface area contributed by atoms with Crippen LogP contribution in [0.2, 0.25) is 5.02 Å². The first kappa shape index (κ1) is 23.6. The summed E-state index contributed by atoms with van der Waals surface area (Å²) in [4.78, 5) is 28.6. The fourth-order valence-corrected chi connectivity index (χ4v) is 5.28. The molecule has 2 atom stereocenters. The van der Waals surface area contributed by atoms with Crippen LogP contribution in [0.3, 0.4) is 0 Å². The zero-order chi connectivity index (χ0) is 20.6. The first-order valence-electron chi connectivity index (χ1n) is 8.97. The summed E-state index contributed by atoms with van der Waals surface area (Å²) in [5.74, 6) is 1.12. The maximum Gasteiger partial charge on any atom is 0.219 e. The highest BCUT2D eigenvalue weighted by Gasteiger charge is 2.58. The molecule has 0 unspecified atom stereocenters. The van der Waals surface area contributed by atoms with Crippen molar-refractivity contribution >= 4 is 34.9 Å². The number of hydrogen-bond acceptors (Lipinski definition) is 7. The van der Waals surface area contributed by atoms with Crippen molar-refractivity contribution in [1.29, 1.82) is 0 Å². The number of allylic oxidation sites excluding steroid dienone is 1. The highest BCUT2D eigenvalue weighted by molar-refractivity contribution is 8.03. The van der Waals surface area contributed by atoms with Crippen molar-refractivity contribution in [3.05, 3.63) is 27.6 Å². The monoisotopic (exact) mass is 441 g/mol. The molecule has 0 saturated heterocycles. The van der Waals surface area contributed by atoms with Gasteiger partial charge in [-0.05, 0) is 20.2 Å². The zero-order valence-corrected chi connectivity index (χ0v) is 18.2. The molecule has 1 aliphatic carbocycles. The predicted molar refractivity (Wildman–Crippen MR) is 117 cm³/mol. The minimum Gasteiger partial charge on any atom is -0.496 e. The van der Waals surface area contributed by atoms with Crippen LogP contribution in [-0.2, 0) is 4.79 Å². The van der Waals surface area contributed by atoms with Crippen LogP contribution in [0, 0.1) is 5.92 Å². The number of carbonyl (C=O) groups is 2. The molecule has 0 saturated carbocycles. The van der Waals surface area contributed by atoms with E-state index in [1.165, 1.54) is 26.0 Å². The average Bonchev–Trinajstić information content (AvgIpc) is 2.95. The molecule has 0 fully saturated rings. The number of rotatable bonds is 6. The standard InChI is InChI=1S/C20H24ClNO5S.CH4/c1-11-8-12(23)9-15(28-7-6-22(2)3)20(11)19(24)16-13(25-4)10-14(26-5)17(21)18(16)27-20;/h9-11H,6-8H2,1-5H3;1H4/t11-,20+;/m1./s1. The van der Waals surface area contributed by atoms with Gasteiger partial charge in [-0.2, -0.15) is 0 Å². The van der Waals surface area contributed by atoms with Crippen molar-refractivity contribution < 1.29 is 23.8 Å². The first-order valence-corrected chi connectivity index (χ1v) is 10.3. The third kappa shape index (κ3) is 3.88. The average molecular weight is 442 g/mol. The molecule has 1 aromatic rings. The maximum absolute atomic E-state index is 13.6. The Hall–Kier alpha value is -1.70. The summed E-state index contributed by atoms with van der Waals surface area (Å²) < 4.78 is 17.0. The fourth-order valence-electron chi connectivity index (χ4n) is 3.58. The second-order valence-electron chi connectivity index (χ2n) is 7.20. The summed E-state index contributed by atoms with van der Waals surface area (Å²) >= 11 is 7.93. The van der Waals surface area contributed by atoms with E-state index in [0.29, 0.717) is 22.0 Å². The van der Waals surface area contributed by atoms with Gasteiger partial charge in [0.2, 0.25) is 11.4 Å². The molecule has 1 heterocycles. The molecule has 2 aliphatic rings. The molecular weight excluding hydrogens is 414 g/mol. The molecule has 160 valence electrons. The number of thioether (sulfide) groups is 1. The zero-order valence-electron chi connectivity index (χ0n) is 16.6. The van der Waals surface area contributed by atoms with E-state index in [1.807, 2.05) is 25.9 Å². The van der Waals surface area contributed by atoms with Crippen LogP contribution >= 0.6 is 23.4 Å². The quantitative estimate of drug-likeness (QED) is 0.658. The van der Waals surface area contributed by atoms with Gasteiger partial charge in [0.25, 0.3) is 0 Å². The van der Waals surface area contributed by atoms with E-state index < -0.39 is 5.60 Å². The number of ether oxygens (including phenoxy) is 3. The lowest BCUT2D eigenvalue weighted by molar-refractivity contribution is -0.117. The Morgan fingerprint density at radius 1 is 1.28 bits per heavy atom. The molecule has 1 spiro atoms. The van der Waals surface area contributed by atoms with E-state index >= 15 is 0 Å². The van der Waals surface area contributed by atoms with E-state index in [4.69, 9.17) is 25.8 Å². The summed E-state index contributed by atoms with van der Waals surface area (Å²) in [6.07, 6.45) is 1.77. The molecule has 8 heteroatoms. The van der Waals surface area contributed by atoms with Gasteiger partial charge < -0.3 is 19.1 Å². The van der Waals surface area contributed by atoms with Gasteiger partial charge in [-0.3, -0.25) is 9.59 Å². The van der Waals surface area contributed by atoms with Crippen LogP contribution in [0.1, 0.15) is 31.1 Å². The molecule has 0 bridgehead atoms. The van der Waals surface area contributed by atoms with Gasteiger partial charge in [0.05, 0.1) is 14.2 Å². The molecule has 1 aromatic carbocycles. The Kier molecular flexibility index (Phi) is 7.30. The Balaban J connectivity index is 0.00000300. The summed E-state index contributed by atoms with van der Waals surface area (Å²) in [7, 11) is 6.92. The number of ketones is 2. The molecule has 1 aliphatic heterocycles. The van der Waals surface area contributed by atoms with Crippen molar-refractivity contribution in [2.45, 2.75) is 26.4 Å². The number of fused-ring (bicyclic) bond motifs is 1. The van der Waals surface area contributed by atoms with Crippen molar-refractivity contribution in [2.24, 2.45) is 5.92 Å². The summed E-state index contributed by atoms with van der Waals surface area (Å²) in [6, 6.07) is 1.59. The van der Waals surface area contributed by atoms with Crippen molar-refractivity contribution in [1.82, 2.24) is 4.90 Å². The third-order valence-electron chi connectivity index (χ3n) is 5.07. The minimum atomic E-state index is -1.27. The number of benzene rings is 1. The summed E-state index contributed by atoms with van der Waals surface area (Å²) in [5.41, 5.74) is -0.968. The fraction of sp³-hybridized carbons (Fsp3) is 0.524. The first-order chi connectivity index (χ1) is 13.3. The van der Waals surface area contributed by atoms with Crippen LogP contribution in [0.4, 0.5) is 0 Å². The van der Waals surface area contributed by atoms with Gasteiger partial charge >= 0.3 is 0 Å². The van der Waals surface area contributed by atoms with E-state index in [1.54, 1.807) is 12.1 Å². The van der Waals surface area contributed by atoms with Crippen LogP contribution in [0.15, 0.2) is 17.0 Å². The number of carbonyl (C=O) groups excluding carboxylic acids is 2. The van der Waals surface area contributed by atoms with Gasteiger partial charge in [-0.15, -0.1) is 11.8 Å². The Morgan fingerprint density at radius 3 is 2.52 bits per heavy atom. The van der Waals surface area contributed by atoms with Gasteiger partial charge in [0.1, 0.15) is 22.1 Å². The van der Waals surface area contributed by atoms with E-state index in [-0.39, 0.29) is 42.1 Å². The summed E-state index contributed by atoms with van der Waals surface area (Å²) in [5, 5.41) is 0.227. The van der Waals surface area contributed by atoms with Crippen molar-refractivity contribution in [2.75, 3.05) is 40.6 Å². The van der Waals surface area contributed by atoms with Crippen molar-refractivity contribution in [3.8, 4) is 17.2 Å². The highest BCUT2D eigenvalue weighted by Crippen LogP contribution is 2.56. The molecule has 3 rings (SSSR count). The van der Waals surface area contributed by atoms with Gasteiger partial charge in [0.15, 0.2) is 11.5 Å². The van der Waals surface area contributed by atoms with E-state index in [2.05, 4.69) is 0 Å². The predicted octanol–water partition coefficient (Wildman–Crippen LogP) is 4.09. The third-order valence-corrected chi connectivity index (χ3v) is 6.55. The van der Waals surface area contributed by atoms with Crippen LogP contribution in [0.25, 0.3) is 0 Å². The number of hydrogen-bond donors (Lipinski definition) is 0. The Morgan fingerprint density at radius 2 is 1.93 bits per heavy atom. The molecule has 0 radical (unpaired) electrons. The topological polar surface area (TPSA) is 65.1 Å². The van der Waals surface area contributed by atoms with E-state index in [9.17, 15) is 9.59 Å². The number of Topliss-reactive ketones (excluding diaryl/α,β-unsaturated/α-hetero) is 1. The lowest BCUT2D eigenvalue weighted by Crippen LogP contribution is -2.50. The molecule has 29 heavy (non-hydrogen) atoms. The number of methoxy groups -OCH3 is 2. The van der Waals surface area contributed by atoms with Crippen LogP contribution < -0.4 is 14.2 Å². The van der Waals surface area contributed by atoms with Gasteiger partial charge in [-0.25, -0.2) is 0 Å². The van der Waals surface area contributed by atoms with E-state index in [0.717, 1.165) is 12.3 Å². The smallest absolute Gasteiger partial charge is 0.219 e. The molecule has 0 N–H and O–H groups in total. The molecule has 0 amide bonds. The van der Waals surface area contributed by atoms with Gasteiger partial charge in [-0.1, -0.05) is 26.0 Å². The normalized spacial score (nSPS) is 22.9. The van der Waals surface area contributed by atoms with Crippen LogP contribution in [0.5, 0.6) is 17.2 Å². The number of nitrogens with zero attached hydrogens (tertiary/aromatic N) is 1. The largest absolute Gasteiger partial charge is 0.496 e. The lowest BCUT2D eigenvalue weighted by Gasteiger charge is -2.37. The second-order valence-corrected chi connectivity index (χ2v) is 8.71. The molecular formula is C21H28ClNO5S. The Labute approximate surface area is 181 Å². The minimum absolute atomic E-state index is 0. The maximum atomic E-state index is 13.6. The van der Waals surface area contributed by atoms with Crippen LogP contribution in [-0.4, -0.2) is 62.7 Å². The molecule has 0 aromatic heterocycles. The highest BCUT2D eigenvalue weighted by atomic mass is 35.5.